The van der Waals surface area contributed by atoms with Crippen molar-refractivity contribution in [2.24, 2.45) is 0 Å². The second-order valence-electron chi connectivity index (χ2n) is 7.19. The maximum Gasteiger partial charge on any atom is 0.256 e. The van der Waals surface area contributed by atoms with Gasteiger partial charge in [0.05, 0.1) is 11.7 Å². The fourth-order valence-electron chi connectivity index (χ4n) is 3.44. The van der Waals surface area contributed by atoms with Crippen molar-refractivity contribution in [3.8, 4) is 0 Å². The van der Waals surface area contributed by atoms with Crippen LogP contribution in [0.1, 0.15) is 38.1 Å². The molecule has 0 bridgehead atoms. The van der Waals surface area contributed by atoms with Gasteiger partial charge in [0.25, 0.3) is 5.91 Å². The number of nitrogens with zero attached hydrogens (tertiary/aromatic N) is 1. The van der Waals surface area contributed by atoms with E-state index < -0.39 is 0 Å². The van der Waals surface area contributed by atoms with Gasteiger partial charge in [0.2, 0.25) is 0 Å². The third-order valence-corrected chi connectivity index (χ3v) is 6.24. The van der Waals surface area contributed by atoms with Gasteiger partial charge in [0.1, 0.15) is 10.8 Å². The van der Waals surface area contributed by atoms with Crippen LogP contribution >= 0.6 is 11.3 Å². The second kappa shape index (κ2) is 9.10. The number of carbonyl (C=O) groups excluding carboxylic acids is 1. The fraction of sp³-hybridized carbons (Fsp3) is 0.120. The third-order valence-electron chi connectivity index (χ3n) is 5.10. The molecule has 0 aliphatic rings. The van der Waals surface area contributed by atoms with Gasteiger partial charge >= 0.3 is 0 Å². The van der Waals surface area contributed by atoms with Gasteiger partial charge in [-0.2, -0.15) is 0 Å². The molecule has 2 heterocycles. The minimum absolute atomic E-state index is 0.173. The molecule has 2 aromatic carbocycles. The number of carbonyl (C=O) groups is 1. The third kappa shape index (κ3) is 4.64. The van der Waals surface area contributed by atoms with Gasteiger partial charge in [-0.25, -0.2) is 4.39 Å². The summed E-state index contributed by atoms with van der Waals surface area (Å²) in [5.41, 5.74) is 3.99. The van der Waals surface area contributed by atoms with Crippen LogP contribution in [0.15, 0.2) is 79.0 Å². The monoisotopic (exact) mass is 431 g/mol. The predicted molar refractivity (Wildman–Crippen MR) is 124 cm³/mol. The summed E-state index contributed by atoms with van der Waals surface area (Å²) in [6, 6.07) is 20.8. The number of hydrogen-bond acceptors (Lipinski definition) is 4. The van der Waals surface area contributed by atoms with Crippen molar-refractivity contribution in [3.05, 3.63) is 112 Å². The van der Waals surface area contributed by atoms with E-state index in [9.17, 15) is 9.18 Å². The highest BCUT2D eigenvalue weighted by Gasteiger charge is 2.25. The molecule has 0 unspecified atom stereocenters. The summed E-state index contributed by atoms with van der Waals surface area (Å²) >= 11 is 1.53. The first kappa shape index (κ1) is 20.8. The smallest absolute Gasteiger partial charge is 0.256 e. The molecule has 31 heavy (non-hydrogen) atoms. The number of hydrogen-bond donors (Lipinski definition) is 2. The molecule has 0 aliphatic heterocycles. The van der Waals surface area contributed by atoms with Crippen LogP contribution in [0.25, 0.3) is 0 Å². The van der Waals surface area contributed by atoms with Crippen molar-refractivity contribution < 1.29 is 9.18 Å². The van der Waals surface area contributed by atoms with Gasteiger partial charge < -0.3 is 10.6 Å². The standard InChI is InChI=1S/C25H22FN3OS/c1-16-17(2)31-25(29-24(30)18-9-4-3-5-10-18)22(16)23(21-13-6-7-14-27-21)28-20-12-8-11-19(26)15-20/h3-15,23,28H,1-2H3,(H,29,30)/t23-/m1/s1. The lowest BCUT2D eigenvalue weighted by Gasteiger charge is -2.22. The molecule has 0 spiro atoms. The van der Waals surface area contributed by atoms with E-state index in [0.717, 1.165) is 26.7 Å². The summed E-state index contributed by atoms with van der Waals surface area (Å²) < 4.78 is 13.8. The Morgan fingerprint density at radius 1 is 1.00 bits per heavy atom. The molecule has 0 saturated heterocycles. The number of thiophene rings is 1. The van der Waals surface area contributed by atoms with E-state index in [-0.39, 0.29) is 17.8 Å². The van der Waals surface area contributed by atoms with Gasteiger partial charge in [0.15, 0.2) is 0 Å². The number of benzene rings is 2. The number of rotatable bonds is 6. The molecule has 0 fully saturated rings. The summed E-state index contributed by atoms with van der Waals surface area (Å²) in [5.74, 6) is -0.491. The Hall–Kier alpha value is -3.51. The topological polar surface area (TPSA) is 54.0 Å². The molecule has 6 heteroatoms. The zero-order chi connectivity index (χ0) is 21.8. The Bertz CT molecular complexity index is 1190. The summed E-state index contributed by atoms with van der Waals surface area (Å²) in [4.78, 5) is 18.5. The Balaban J connectivity index is 1.76. The van der Waals surface area contributed by atoms with Crippen LogP contribution in [0.5, 0.6) is 0 Å². The average molecular weight is 432 g/mol. The van der Waals surface area contributed by atoms with Crippen LogP contribution in [0, 0.1) is 19.7 Å². The zero-order valence-corrected chi connectivity index (χ0v) is 18.0. The first-order valence-corrected chi connectivity index (χ1v) is 10.7. The van der Waals surface area contributed by atoms with E-state index in [4.69, 9.17) is 0 Å². The van der Waals surface area contributed by atoms with Crippen LogP contribution in [0.3, 0.4) is 0 Å². The highest BCUT2D eigenvalue weighted by molar-refractivity contribution is 7.16. The number of anilines is 2. The van der Waals surface area contributed by atoms with E-state index in [0.29, 0.717) is 11.3 Å². The van der Waals surface area contributed by atoms with E-state index in [1.807, 2.05) is 56.3 Å². The maximum atomic E-state index is 13.8. The minimum Gasteiger partial charge on any atom is -0.373 e. The van der Waals surface area contributed by atoms with Gasteiger partial charge in [-0.05, 0) is 61.9 Å². The van der Waals surface area contributed by atoms with Gasteiger partial charge in [-0.3, -0.25) is 9.78 Å². The molecule has 0 radical (unpaired) electrons. The van der Waals surface area contributed by atoms with Crippen molar-refractivity contribution in [2.45, 2.75) is 19.9 Å². The molecule has 0 saturated carbocycles. The average Bonchev–Trinajstić information content (AvgIpc) is 3.06. The lowest BCUT2D eigenvalue weighted by atomic mass is 9.99. The summed E-state index contributed by atoms with van der Waals surface area (Å²) in [7, 11) is 0. The van der Waals surface area contributed by atoms with Crippen molar-refractivity contribution in [1.82, 2.24) is 4.98 Å². The Morgan fingerprint density at radius 2 is 1.77 bits per heavy atom. The molecule has 4 nitrogen and oxygen atoms in total. The van der Waals surface area contributed by atoms with E-state index in [1.54, 1.807) is 24.4 Å². The van der Waals surface area contributed by atoms with Crippen LogP contribution in [-0.4, -0.2) is 10.9 Å². The Morgan fingerprint density at radius 3 is 2.48 bits per heavy atom. The quantitative estimate of drug-likeness (QED) is 0.374. The number of pyridine rings is 1. The molecule has 0 aliphatic carbocycles. The first-order chi connectivity index (χ1) is 15.0. The Labute approximate surface area is 184 Å². The molecule has 156 valence electrons. The van der Waals surface area contributed by atoms with Crippen LogP contribution < -0.4 is 10.6 Å². The van der Waals surface area contributed by atoms with Crippen molar-refractivity contribution >= 4 is 27.9 Å². The van der Waals surface area contributed by atoms with Crippen molar-refractivity contribution in [3.63, 3.8) is 0 Å². The van der Waals surface area contributed by atoms with Crippen LogP contribution in [0.4, 0.5) is 15.1 Å². The van der Waals surface area contributed by atoms with E-state index >= 15 is 0 Å². The molecule has 4 rings (SSSR count). The van der Waals surface area contributed by atoms with Gasteiger partial charge in [-0.1, -0.05) is 30.3 Å². The number of aryl methyl sites for hydroxylation is 1. The molecular weight excluding hydrogens is 409 g/mol. The van der Waals surface area contributed by atoms with Crippen LogP contribution in [-0.2, 0) is 0 Å². The van der Waals surface area contributed by atoms with Crippen molar-refractivity contribution in [1.29, 1.82) is 0 Å². The highest BCUT2D eigenvalue weighted by atomic mass is 32.1. The van der Waals surface area contributed by atoms with E-state index in [2.05, 4.69) is 15.6 Å². The normalized spacial score (nSPS) is 11.7. The number of halogens is 1. The predicted octanol–water partition coefficient (Wildman–Crippen LogP) is 6.35. The van der Waals surface area contributed by atoms with Crippen LogP contribution in [0.2, 0.25) is 0 Å². The molecule has 1 amide bonds. The largest absolute Gasteiger partial charge is 0.373 e. The van der Waals surface area contributed by atoms with E-state index in [1.165, 1.54) is 23.5 Å². The summed E-state index contributed by atoms with van der Waals surface area (Å²) in [6.07, 6.45) is 1.73. The highest BCUT2D eigenvalue weighted by Crippen LogP contribution is 2.40. The van der Waals surface area contributed by atoms with Gasteiger partial charge in [0, 0.05) is 27.9 Å². The maximum absolute atomic E-state index is 13.8. The minimum atomic E-state index is -0.362. The second-order valence-corrected chi connectivity index (χ2v) is 8.41. The molecule has 2 N–H and O–H groups in total. The van der Waals surface area contributed by atoms with Crippen molar-refractivity contribution in [2.75, 3.05) is 10.6 Å². The lowest BCUT2D eigenvalue weighted by molar-refractivity contribution is 0.102. The summed E-state index contributed by atoms with van der Waals surface area (Å²) in [5, 5.41) is 7.24. The molecule has 1 atom stereocenters. The molecule has 2 aromatic heterocycles. The first-order valence-electron chi connectivity index (χ1n) is 9.92. The number of aromatic nitrogens is 1. The molecule has 4 aromatic rings. The number of amides is 1. The fourth-order valence-corrected chi connectivity index (χ4v) is 4.53. The molecular formula is C25H22FN3OS. The van der Waals surface area contributed by atoms with Gasteiger partial charge in [-0.15, -0.1) is 11.3 Å². The lowest BCUT2D eigenvalue weighted by Crippen LogP contribution is -2.18. The number of nitrogens with one attached hydrogen (secondary N) is 2. The summed E-state index contributed by atoms with van der Waals surface area (Å²) in [6.45, 7) is 4.06. The zero-order valence-electron chi connectivity index (χ0n) is 17.2. The Kier molecular flexibility index (Phi) is 6.09. The SMILES string of the molecule is Cc1sc(NC(=O)c2ccccc2)c([C@H](Nc2cccc(F)c2)c2ccccn2)c1C.